The third-order valence-electron chi connectivity index (χ3n) is 3.24. The van der Waals surface area contributed by atoms with Gasteiger partial charge in [-0.25, -0.2) is 0 Å². The molecular weight excluding hydrogens is 379 g/mol. The zero-order valence-corrected chi connectivity index (χ0v) is 14.9. The van der Waals surface area contributed by atoms with Crippen LogP contribution in [0.1, 0.15) is 26.6 Å². The molecule has 2 amide bonds. The molecule has 2 aromatic heterocycles. The average molecular weight is 391 g/mol. The normalized spacial score (nSPS) is 10.4. The number of amides is 2. The maximum Gasteiger partial charge on any atom is 0.275 e. The largest absolute Gasteiger partial charge is 0.360 e. The first-order chi connectivity index (χ1) is 12.4. The SMILES string of the molecule is Cc1cc(NC(=O)c2cc(C(=O)Nc3cc(Cl)cc(Cl)c3)ccn2)no1. The van der Waals surface area contributed by atoms with Crippen LogP contribution < -0.4 is 10.6 Å². The first-order valence-electron chi connectivity index (χ1n) is 7.39. The van der Waals surface area contributed by atoms with Crippen molar-refractivity contribution in [3.8, 4) is 0 Å². The number of aromatic nitrogens is 2. The fourth-order valence-corrected chi connectivity index (χ4v) is 2.66. The second kappa shape index (κ2) is 7.55. The van der Waals surface area contributed by atoms with Crippen LogP contribution in [0.2, 0.25) is 10.0 Å². The number of carbonyl (C=O) groups excluding carboxylic acids is 2. The molecule has 0 radical (unpaired) electrons. The van der Waals surface area contributed by atoms with Gasteiger partial charge in [-0.1, -0.05) is 28.4 Å². The van der Waals surface area contributed by atoms with E-state index in [1.54, 1.807) is 31.2 Å². The van der Waals surface area contributed by atoms with Crippen LogP contribution in [0, 0.1) is 6.92 Å². The van der Waals surface area contributed by atoms with Crippen molar-refractivity contribution in [3.05, 3.63) is 69.7 Å². The number of benzene rings is 1. The zero-order valence-electron chi connectivity index (χ0n) is 13.4. The Hall–Kier alpha value is -2.90. The molecule has 2 heterocycles. The molecule has 9 heteroatoms. The van der Waals surface area contributed by atoms with E-state index in [1.807, 2.05) is 0 Å². The molecule has 0 aliphatic carbocycles. The standard InChI is InChI=1S/C17H12Cl2N4O3/c1-9-4-15(23-26-9)22-17(25)14-5-10(2-3-20-14)16(24)21-13-7-11(18)6-12(19)8-13/h2-8H,1H3,(H,21,24)(H,22,23,25). The third kappa shape index (κ3) is 4.38. The van der Waals surface area contributed by atoms with E-state index >= 15 is 0 Å². The molecule has 0 aliphatic heterocycles. The van der Waals surface area contributed by atoms with Gasteiger partial charge in [0, 0.05) is 33.6 Å². The lowest BCUT2D eigenvalue weighted by Gasteiger charge is -2.07. The van der Waals surface area contributed by atoms with Crippen molar-refractivity contribution in [2.75, 3.05) is 10.6 Å². The Morgan fingerprint density at radius 1 is 1.00 bits per heavy atom. The fraction of sp³-hybridized carbons (Fsp3) is 0.0588. The summed E-state index contributed by atoms with van der Waals surface area (Å²) in [5, 5.41) is 9.66. The number of aryl methyl sites for hydroxylation is 1. The number of rotatable bonds is 4. The van der Waals surface area contributed by atoms with Gasteiger partial charge in [-0.05, 0) is 37.3 Å². The molecule has 0 spiro atoms. The van der Waals surface area contributed by atoms with Crippen molar-refractivity contribution in [1.82, 2.24) is 10.1 Å². The van der Waals surface area contributed by atoms with Gasteiger partial charge in [0.25, 0.3) is 11.8 Å². The van der Waals surface area contributed by atoms with Gasteiger partial charge in [0.1, 0.15) is 11.5 Å². The van der Waals surface area contributed by atoms with E-state index in [0.29, 0.717) is 21.5 Å². The van der Waals surface area contributed by atoms with Crippen LogP contribution in [0.4, 0.5) is 11.5 Å². The lowest BCUT2D eigenvalue weighted by molar-refractivity contribution is 0.102. The number of nitrogens with one attached hydrogen (secondary N) is 2. The predicted molar refractivity (Wildman–Crippen MR) is 97.8 cm³/mol. The molecule has 3 aromatic rings. The maximum absolute atomic E-state index is 12.4. The zero-order chi connectivity index (χ0) is 18.7. The van der Waals surface area contributed by atoms with Gasteiger partial charge < -0.3 is 15.2 Å². The van der Waals surface area contributed by atoms with Crippen molar-refractivity contribution in [2.24, 2.45) is 0 Å². The summed E-state index contributed by atoms with van der Waals surface area (Å²) in [5.41, 5.74) is 0.744. The van der Waals surface area contributed by atoms with E-state index in [9.17, 15) is 9.59 Å². The van der Waals surface area contributed by atoms with E-state index in [0.717, 1.165) is 0 Å². The van der Waals surface area contributed by atoms with Crippen LogP contribution in [0.3, 0.4) is 0 Å². The van der Waals surface area contributed by atoms with Gasteiger partial charge in [-0.3, -0.25) is 14.6 Å². The first-order valence-corrected chi connectivity index (χ1v) is 8.14. The molecule has 0 aliphatic rings. The molecule has 0 saturated carbocycles. The van der Waals surface area contributed by atoms with Crippen molar-refractivity contribution in [2.45, 2.75) is 6.92 Å². The summed E-state index contributed by atoms with van der Waals surface area (Å²) in [6, 6.07) is 9.10. The van der Waals surface area contributed by atoms with E-state index in [4.69, 9.17) is 27.7 Å². The summed E-state index contributed by atoms with van der Waals surface area (Å²) in [4.78, 5) is 28.6. The van der Waals surface area contributed by atoms with Gasteiger partial charge in [0.05, 0.1) is 0 Å². The number of pyridine rings is 1. The fourth-order valence-electron chi connectivity index (χ4n) is 2.13. The lowest BCUT2D eigenvalue weighted by Crippen LogP contribution is -2.17. The van der Waals surface area contributed by atoms with Crippen LogP contribution in [-0.2, 0) is 0 Å². The quantitative estimate of drug-likeness (QED) is 0.695. The molecule has 0 saturated heterocycles. The predicted octanol–water partition coefficient (Wildman–Crippen LogP) is 4.19. The Balaban J connectivity index is 1.75. The summed E-state index contributed by atoms with van der Waals surface area (Å²) in [7, 11) is 0. The Morgan fingerprint density at radius 3 is 2.38 bits per heavy atom. The van der Waals surface area contributed by atoms with Gasteiger partial charge >= 0.3 is 0 Å². The summed E-state index contributed by atoms with van der Waals surface area (Å²) < 4.78 is 4.88. The molecule has 0 fully saturated rings. The van der Waals surface area contributed by atoms with Crippen LogP contribution in [0.15, 0.2) is 47.1 Å². The van der Waals surface area contributed by atoms with E-state index in [-0.39, 0.29) is 17.1 Å². The molecule has 132 valence electrons. The number of hydrogen-bond acceptors (Lipinski definition) is 5. The maximum atomic E-state index is 12.4. The van der Waals surface area contributed by atoms with Gasteiger partial charge in [-0.15, -0.1) is 0 Å². The van der Waals surface area contributed by atoms with Crippen molar-refractivity contribution in [3.63, 3.8) is 0 Å². The first kappa shape index (κ1) is 17.9. The van der Waals surface area contributed by atoms with Crippen LogP contribution in [0.25, 0.3) is 0 Å². The molecule has 2 N–H and O–H groups in total. The molecule has 7 nitrogen and oxygen atoms in total. The van der Waals surface area contributed by atoms with E-state index in [2.05, 4.69) is 20.8 Å². The van der Waals surface area contributed by atoms with E-state index in [1.165, 1.54) is 18.3 Å². The summed E-state index contributed by atoms with van der Waals surface area (Å²) >= 11 is 11.8. The number of nitrogens with zero attached hydrogens (tertiary/aromatic N) is 2. The number of halogens is 2. The Morgan fingerprint density at radius 2 is 1.73 bits per heavy atom. The summed E-state index contributed by atoms with van der Waals surface area (Å²) in [5.74, 6) is -0.130. The molecule has 3 rings (SSSR count). The van der Waals surface area contributed by atoms with Crippen molar-refractivity contribution < 1.29 is 14.1 Å². The lowest BCUT2D eigenvalue weighted by atomic mass is 10.2. The van der Waals surface area contributed by atoms with Gasteiger partial charge in [-0.2, -0.15) is 0 Å². The summed E-state index contributed by atoms with van der Waals surface area (Å²) in [6.45, 7) is 1.70. The highest BCUT2D eigenvalue weighted by Gasteiger charge is 2.14. The molecular formula is C17H12Cl2N4O3. The van der Waals surface area contributed by atoms with Crippen LogP contribution in [-0.4, -0.2) is 22.0 Å². The van der Waals surface area contributed by atoms with E-state index < -0.39 is 11.8 Å². The number of anilines is 2. The van der Waals surface area contributed by atoms with Crippen molar-refractivity contribution in [1.29, 1.82) is 0 Å². The molecule has 1 aromatic carbocycles. The average Bonchev–Trinajstić information content (AvgIpc) is 2.99. The summed E-state index contributed by atoms with van der Waals surface area (Å²) in [6.07, 6.45) is 1.36. The number of hydrogen-bond donors (Lipinski definition) is 2. The Bertz CT molecular complexity index is 967. The smallest absolute Gasteiger partial charge is 0.275 e. The highest BCUT2D eigenvalue weighted by molar-refractivity contribution is 6.35. The van der Waals surface area contributed by atoms with Gasteiger partial charge in [0.15, 0.2) is 5.82 Å². The Kier molecular flexibility index (Phi) is 5.20. The minimum absolute atomic E-state index is 0.0578. The van der Waals surface area contributed by atoms with Crippen molar-refractivity contribution >= 4 is 46.5 Å². The van der Waals surface area contributed by atoms with Crippen LogP contribution in [0.5, 0.6) is 0 Å². The Labute approximate surface area is 158 Å². The molecule has 0 unspecified atom stereocenters. The molecule has 0 bridgehead atoms. The second-order valence-corrected chi connectivity index (χ2v) is 6.19. The second-order valence-electron chi connectivity index (χ2n) is 5.32. The number of carbonyl (C=O) groups is 2. The minimum atomic E-state index is -0.515. The topological polar surface area (TPSA) is 97.1 Å². The highest BCUT2D eigenvalue weighted by Crippen LogP contribution is 2.23. The minimum Gasteiger partial charge on any atom is -0.360 e. The highest BCUT2D eigenvalue weighted by atomic mass is 35.5. The third-order valence-corrected chi connectivity index (χ3v) is 3.68. The molecule has 26 heavy (non-hydrogen) atoms. The monoisotopic (exact) mass is 390 g/mol. The van der Waals surface area contributed by atoms with Crippen LogP contribution >= 0.6 is 23.2 Å². The molecule has 0 atom stereocenters. The van der Waals surface area contributed by atoms with Gasteiger partial charge in [0.2, 0.25) is 0 Å².